The van der Waals surface area contributed by atoms with E-state index in [4.69, 9.17) is 5.73 Å². The van der Waals surface area contributed by atoms with Crippen molar-refractivity contribution < 1.29 is 4.39 Å². The van der Waals surface area contributed by atoms with Gasteiger partial charge < -0.3 is 10.3 Å². The summed E-state index contributed by atoms with van der Waals surface area (Å²) >= 11 is 1.56. The van der Waals surface area contributed by atoms with Crippen molar-refractivity contribution >= 4 is 28.3 Å². The molecular formula is C12H11FN4S. The van der Waals surface area contributed by atoms with Crippen LogP contribution in [0.2, 0.25) is 0 Å². The van der Waals surface area contributed by atoms with E-state index in [1.54, 1.807) is 22.9 Å². The van der Waals surface area contributed by atoms with Gasteiger partial charge in [0, 0.05) is 18.3 Å². The molecule has 0 spiro atoms. The van der Waals surface area contributed by atoms with Gasteiger partial charge >= 0.3 is 0 Å². The van der Waals surface area contributed by atoms with Gasteiger partial charge in [-0.15, -0.1) is 11.3 Å². The lowest BCUT2D eigenvalue weighted by molar-refractivity contribution is 0.637. The first-order chi connectivity index (χ1) is 8.75. The number of halogens is 1. The zero-order valence-corrected chi connectivity index (χ0v) is 10.3. The smallest absolute Gasteiger partial charge is 0.201 e. The van der Waals surface area contributed by atoms with Crippen LogP contribution >= 0.6 is 11.3 Å². The lowest BCUT2D eigenvalue weighted by Gasteiger charge is -2.04. The predicted molar refractivity (Wildman–Crippen MR) is 69.9 cm³/mol. The van der Waals surface area contributed by atoms with Crippen LogP contribution in [-0.4, -0.2) is 14.5 Å². The van der Waals surface area contributed by atoms with Gasteiger partial charge in [-0.2, -0.15) is 0 Å². The number of hydrogen-bond acceptors (Lipinski definition) is 4. The molecule has 4 nitrogen and oxygen atoms in total. The highest BCUT2D eigenvalue weighted by Crippen LogP contribution is 2.20. The fourth-order valence-electron chi connectivity index (χ4n) is 1.95. The fourth-order valence-corrected chi connectivity index (χ4v) is 2.55. The van der Waals surface area contributed by atoms with Gasteiger partial charge in [-0.1, -0.05) is 6.07 Å². The van der Waals surface area contributed by atoms with Gasteiger partial charge in [-0.3, -0.25) is 0 Å². The zero-order chi connectivity index (χ0) is 12.5. The quantitative estimate of drug-likeness (QED) is 0.788. The molecule has 92 valence electrons. The first kappa shape index (κ1) is 11.2. The highest BCUT2D eigenvalue weighted by molar-refractivity contribution is 7.07. The van der Waals surface area contributed by atoms with E-state index >= 15 is 0 Å². The van der Waals surface area contributed by atoms with Crippen LogP contribution in [0.15, 0.2) is 29.1 Å². The van der Waals surface area contributed by atoms with Crippen molar-refractivity contribution in [3.8, 4) is 0 Å². The Bertz CT molecular complexity index is 675. The number of anilines is 1. The average molecular weight is 262 g/mol. The number of benzene rings is 1. The molecule has 2 heterocycles. The van der Waals surface area contributed by atoms with Crippen molar-refractivity contribution in [1.29, 1.82) is 0 Å². The van der Waals surface area contributed by atoms with Gasteiger partial charge in [0.05, 0.1) is 16.7 Å². The molecule has 1 aromatic carbocycles. The number of aromatic nitrogens is 3. The number of para-hydroxylation sites is 1. The van der Waals surface area contributed by atoms with Crippen LogP contribution in [0.5, 0.6) is 0 Å². The summed E-state index contributed by atoms with van der Waals surface area (Å²) in [6.45, 7) is 0.648. The highest BCUT2D eigenvalue weighted by atomic mass is 32.1. The van der Waals surface area contributed by atoms with Gasteiger partial charge in [-0.05, 0) is 12.1 Å². The largest absolute Gasteiger partial charge is 0.369 e. The Morgan fingerprint density at radius 2 is 2.28 bits per heavy atom. The van der Waals surface area contributed by atoms with E-state index in [-0.39, 0.29) is 5.82 Å². The Balaban J connectivity index is 1.96. The maximum absolute atomic E-state index is 13.6. The molecule has 0 unspecified atom stereocenters. The minimum absolute atomic E-state index is 0.327. The second-order valence-corrected chi connectivity index (χ2v) is 4.68. The fraction of sp³-hybridized carbons (Fsp3) is 0.167. The van der Waals surface area contributed by atoms with Crippen molar-refractivity contribution in [3.05, 3.63) is 40.6 Å². The number of nitrogens with zero attached hydrogens (tertiary/aromatic N) is 3. The number of imidazole rings is 1. The second-order valence-electron chi connectivity index (χ2n) is 3.96. The van der Waals surface area contributed by atoms with Crippen molar-refractivity contribution in [2.24, 2.45) is 0 Å². The van der Waals surface area contributed by atoms with E-state index in [2.05, 4.69) is 9.97 Å². The third-order valence-corrected chi connectivity index (χ3v) is 3.47. The van der Waals surface area contributed by atoms with E-state index in [0.717, 1.165) is 17.6 Å². The topological polar surface area (TPSA) is 56.7 Å². The Morgan fingerprint density at radius 3 is 3.06 bits per heavy atom. The molecule has 0 saturated carbocycles. The number of fused-ring (bicyclic) bond motifs is 1. The van der Waals surface area contributed by atoms with Crippen LogP contribution < -0.4 is 5.73 Å². The first-order valence-electron chi connectivity index (χ1n) is 5.53. The highest BCUT2D eigenvalue weighted by Gasteiger charge is 2.11. The first-order valence-corrected chi connectivity index (χ1v) is 6.47. The molecule has 0 saturated heterocycles. The van der Waals surface area contributed by atoms with Crippen LogP contribution in [0.4, 0.5) is 10.3 Å². The summed E-state index contributed by atoms with van der Waals surface area (Å²) in [6, 6.07) is 4.88. The van der Waals surface area contributed by atoms with Crippen LogP contribution in [0.3, 0.4) is 0 Å². The monoisotopic (exact) mass is 262 g/mol. The third kappa shape index (κ3) is 1.84. The predicted octanol–water partition coefficient (Wildman–Crippen LogP) is 2.46. The van der Waals surface area contributed by atoms with Crippen LogP contribution in [0.25, 0.3) is 11.0 Å². The number of hydrogen-bond donors (Lipinski definition) is 1. The third-order valence-electron chi connectivity index (χ3n) is 2.83. The number of nitrogens with two attached hydrogens (primary N) is 1. The number of aryl methyl sites for hydroxylation is 2. The second kappa shape index (κ2) is 4.38. The Morgan fingerprint density at radius 1 is 1.39 bits per heavy atom. The van der Waals surface area contributed by atoms with Gasteiger partial charge in [0.2, 0.25) is 5.95 Å². The summed E-state index contributed by atoms with van der Waals surface area (Å²) in [5.74, 6) is -0.00284. The maximum atomic E-state index is 13.6. The number of nitrogen functional groups attached to an aromatic ring is 1. The number of thiazole rings is 1. The van der Waals surface area contributed by atoms with Gasteiger partial charge in [0.25, 0.3) is 0 Å². The molecule has 3 aromatic rings. The summed E-state index contributed by atoms with van der Waals surface area (Å²) in [6.07, 6.45) is 0.760. The van der Waals surface area contributed by atoms with Crippen molar-refractivity contribution in [1.82, 2.24) is 14.5 Å². The number of rotatable bonds is 3. The van der Waals surface area contributed by atoms with Crippen LogP contribution in [-0.2, 0) is 13.0 Å². The Hall–Kier alpha value is -1.95. The SMILES string of the molecule is Nc1nc2c(F)cccc2n1CCc1cscn1. The zero-order valence-electron chi connectivity index (χ0n) is 9.51. The van der Waals surface area contributed by atoms with E-state index in [1.807, 2.05) is 16.0 Å². The molecule has 18 heavy (non-hydrogen) atoms. The summed E-state index contributed by atoms with van der Waals surface area (Å²) in [5.41, 5.74) is 9.69. The van der Waals surface area contributed by atoms with Crippen molar-refractivity contribution in [3.63, 3.8) is 0 Å². The molecule has 2 aromatic heterocycles. The molecule has 2 N–H and O–H groups in total. The molecule has 0 atom stereocenters. The average Bonchev–Trinajstić information content (AvgIpc) is 2.95. The molecule has 0 bridgehead atoms. The molecule has 0 aliphatic heterocycles. The van der Waals surface area contributed by atoms with Crippen molar-refractivity contribution in [2.45, 2.75) is 13.0 Å². The van der Waals surface area contributed by atoms with Crippen LogP contribution in [0.1, 0.15) is 5.69 Å². The van der Waals surface area contributed by atoms with E-state index in [1.165, 1.54) is 6.07 Å². The van der Waals surface area contributed by atoms with Gasteiger partial charge in [-0.25, -0.2) is 14.4 Å². The maximum Gasteiger partial charge on any atom is 0.201 e. The van der Waals surface area contributed by atoms with Gasteiger partial charge in [0.1, 0.15) is 5.52 Å². The van der Waals surface area contributed by atoms with E-state index < -0.39 is 0 Å². The van der Waals surface area contributed by atoms with Gasteiger partial charge in [0.15, 0.2) is 5.82 Å². The summed E-state index contributed by atoms with van der Waals surface area (Å²) in [7, 11) is 0. The minimum Gasteiger partial charge on any atom is -0.369 e. The molecular weight excluding hydrogens is 251 g/mol. The van der Waals surface area contributed by atoms with E-state index in [9.17, 15) is 4.39 Å². The molecule has 0 fully saturated rings. The molecule has 0 radical (unpaired) electrons. The molecule has 0 aliphatic carbocycles. The van der Waals surface area contributed by atoms with E-state index in [0.29, 0.717) is 18.0 Å². The molecule has 0 aliphatic rings. The molecule has 6 heteroatoms. The van der Waals surface area contributed by atoms with Crippen LogP contribution in [0, 0.1) is 5.82 Å². The molecule has 0 amide bonds. The standard InChI is InChI=1S/C12H11FN4S/c13-9-2-1-3-10-11(9)16-12(14)17(10)5-4-8-6-18-7-15-8/h1-3,6-7H,4-5H2,(H2,14,16). The minimum atomic E-state index is -0.341. The Kier molecular flexibility index (Phi) is 2.71. The normalized spacial score (nSPS) is 11.2. The summed E-state index contributed by atoms with van der Waals surface area (Å²) in [5, 5.41) is 2.00. The lowest BCUT2D eigenvalue weighted by atomic mass is 10.3. The summed E-state index contributed by atoms with van der Waals surface area (Å²) in [4.78, 5) is 8.27. The van der Waals surface area contributed by atoms with Crippen molar-refractivity contribution in [2.75, 3.05) is 5.73 Å². The molecule has 3 rings (SSSR count). The Labute approximate surface area is 107 Å². The summed E-state index contributed by atoms with van der Waals surface area (Å²) < 4.78 is 15.4. The lowest BCUT2D eigenvalue weighted by Crippen LogP contribution is -2.05.